The quantitative estimate of drug-likeness (QED) is 0.685. The van der Waals surface area contributed by atoms with Gasteiger partial charge in [-0.15, -0.1) is 0 Å². The van der Waals surface area contributed by atoms with E-state index in [-0.39, 0.29) is 16.9 Å². The molecule has 0 aliphatic carbocycles. The van der Waals surface area contributed by atoms with Gasteiger partial charge >= 0.3 is 0 Å². The van der Waals surface area contributed by atoms with Crippen LogP contribution >= 0.6 is 0 Å². The molecular formula is C14H22N2O3S. The highest BCUT2D eigenvalue weighted by atomic mass is 32.2. The van der Waals surface area contributed by atoms with E-state index in [1.165, 1.54) is 0 Å². The molecule has 0 saturated heterocycles. The Morgan fingerprint density at radius 3 is 2.55 bits per heavy atom. The molecular weight excluding hydrogens is 276 g/mol. The number of benzene rings is 1. The van der Waals surface area contributed by atoms with Crippen LogP contribution in [-0.4, -0.2) is 39.3 Å². The van der Waals surface area contributed by atoms with E-state index in [1.54, 1.807) is 30.5 Å². The summed E-state index contributed by atoms with van der Waals surface area (Å²) in [5.41, 5.74) is 6.73. The summed E-state index contributed by atoms with van der Waals surface area (Å²) in [5, 5.41) is 12.0. The summed E-state index contributed by atoms with van der Waals surface area (Å²) in [6.45, 7) is 2.36. The summed E-state index contributed by atoms with van der Waals surface area (Å²) in [6, 6.07) is 5.99. The number of phenolic OH excluding ortho intramolecular Hbond substituents is 1. The maximum absolute atomic E-state index is 11.8. The zero-order chi connectivity index (χ0) is 15.1. The van der Waals surface area contributed by atoms with Crippen LogP contribution in [0.1, 0.15) is 18.9 Å². The van der Waals surface area contributed by atoms with Gasteiger partial charge in [0.2, 0.25) is 5.91 Å². The minimum atomic E-state index is -0.876. The van der Waals surface area contributed by atoms with Gasteiger partial charge in [0.05, 0.1) is 6.04 Å². The highest BCUT2D eigenvalue weighted by Gasteiger charge is 2.14. The highest BCUT2D eigenvalue weighted by Crippen LogP contribution is 2.10. The number of amides is 1. The second-order valence-electron chi connectivity index (χ2n) is 4.87. The van der Waals surface area contributed by atoms with E-state index in [2.05, 4.69) is 5.32 Å². The smallest absolute Gasteiger partial charge is 0.237 e. The fourth-order valence-corrected chi connectivity index (χ4v) is 2.12. The van der Waals surface area contributed by atoms with E-state index in [4.69, 9.17) is 5.73 Å². The molecule has 0 saturated carbocycles. The van der Waals surface area contributed by atoms with E-state index >= 15 is 0 Å². The van der Waals surface area contributed by atoms with Crippen molar-refractivity contribution in [2.75, 3.05) is 12.8 Å². The van der Waals surface area contributed by atoms with Crippen LogP contribution in [0.5, 0.6) is 5.75 Å². The Hall–Kier alpha value is -1.40. The minimum absolute atomic E-state index is 0.0589. The van der Waals surface area contributed by atoms with Crippen LogP contribution in [0.2, 0.25) is 0 Å². The molecule has 0 radical (unpaired) electrons. The largest absolute Gasteiger partial charge is 0.508 e. The Kier molecular flexibility index (Phi) is 6.67. The molecule has 0 spiro atoms. The molecule has 0 aromatic heterocycles. The Labute approximate surface area is 122 Å². The lowest BCUT2D eigenvalue weighted by Crippen LogP contribution is -2.42. The molecule has 0 bridgehead atoms. The second-order valence-corrected chi connectivity index (χ2v) is 6.67. The first-order chi connectivity index (χ1) is 9.40. The second kappa shape index (κ2) is 8.01. The average Bonchev–Trinajstić information content (AvgIpc) is 2.40. The Morgan fingerprint density at radius 2 is 2.00 bits per heavy atom. The van der Waals surface area contributed by atoms with Gasteiger partial charge in [-0.05, 0) is 30.5 Å². The van der Waals surface area contributed by atoms with Crippen LogP contribution < -0.4 is 11.1 Å². The Morgan fingerprint density at radius 1 is 1.40 bits per heavy atom. The number of carbonyl (C=O) groups is 1. The van der Waals surface area contributed by atoms with Gasteiger partial charge in [-0.25, -0.2) is 0 Å². The molecule has 6 heteroatoms. The van der Waals surface area contributed by atoms with E-state index in [0.29, 0.717) is 19.4 Å². The number of carbonyl (C=O) groups excluding carboxylic acids is 1. The number of nitrogens with two attached hydrogens (primary N) is 1. The van der Waals surface area contributed by atoms with Gasteiger partial charge in [0.25, 0.3) is 0 Å². The summed E-state index contributed by atoms with van der Waals surface area (Å²) in [7, 11) is -0.876. The van der Waals surface area contributed by atoms with E-state index in [9.17, 15) is 14.1 Å². The zero-order valence-corrected chi connectivity index (χ0v) is 12.7. The van der Waals surface area contributed by atoms with E-state index in [1.807, 2.05) is 6.92 Å². The summed E-state index contributed by atoms with van der Waals surface area (Å²) in [6.07, 6.45) is 2.74. The number of hydrogen-bond acceptors (Lipinski definition) is 4. The molecule has 0 aliphatic rings. The number of hydrogen-bond donors (Lipinski definition) is 3. The molecule has 2 unspecified atom stereocenters. The third-order valence-electron chi connectivity index (χ3n) is 3.15. The third kappa shape index (κ3) is 5.71. The fourth-order valence-electron chi connectivity index (χ4n) is 1.67. The van der Waals surface area contributed by atoms with Crippen molar-refractivity contribution in [3.05, 3.63) is 29.8 Å². The summed E-state index contributed by atoms with van der Waals surface area (Å²) < 4.78 is 11.2. The minimum Gasteiger partial charge on any atom is -0.508 e. The lowest BCUT2D eigenvalue weighted by atomic mass is 10.1. The number of phenols is 1. The first-order valence-electron chi connectivity index (χ1n) is 6.53. The summed E-state index contributed by atoms with van der Waals surface area (Å²) >= 11 is 0. The molecule has 1 amide bonds. The fraction of sp³-hybridized carbons (Fsp3) is 0.500. The van der Waals surface area contributed by atoms with Crippen LogP contribution in [0, 0.1) is 0 Å². The predicted octanol–water partition coefficient (Wildman–Crippen LogP) is 0.535. The van der Waals surface area contributed by atoms with E-state index in [0.717, 1.165) is 5.56 Å². The van der Waals surface area contributed by atoms with Crippen LogP contribution in [0.25, 0.3) is 0 Å². The number of nitrogens with one attached hydrogen (secondary N) is 1. The Balaban J connectivity index is 2.35. The number of rotatable bonds is 7. The normalized spacial score (nSPS) is 15.3. The molecule has 4 N–H and O–H groups in total. The molecule has 1 aromatic carbocycles. The van der Waals surface area contributed by atoms with E-state index < -0.39 is 16.8 Å². The molecule has 20 heavy (non-hydrogen) atoms. The van der Waals surface area contributed by atoms with Crippen molar-refractivity contribution >= 4 is 16.7 Å². The van der Waals surface area contributed by atoms with Crippen molar-refractivity contribution in [1.82, 2.24) is 5.32 Å². The topological polar surface area (TPSA) is 92.4 Å². The highest BCUT2D eigenvalue weighted by molar-refractivity contribution is 7.84. The SMILES string of the molecule is CC(CCNC(=O)[C@@H](N)Cc1ccc(O)cc1)S(C)=O. The maximum atomic E-state index is 11.8. The molecule has 1 aromatic rings. The van der Waals surface area contributed by atoms with Crippen LogP contribution in [0.15, 0.2) is 24.3 Å². The van der Waals surface area contributed by atoms with Gasteiger partial charge in [-0.1, -0.05) is 19.1 Å². The van der Waals surface area contributed by atoms with Crippen LogP contribution in [0.4, 0.5) is 0 Å². The van der Waals surface area contributed by atoms with Crippen molar-refractivity contribution in [3.8, 4) is 5.75 Å². The summed E-state index contributed by atoms with van der Waals surface area (Å²) in [4.78, 5) is 11.8. The number of aromatic hydroxyl groups is 1. The van der Waals surface area contributed by atoms with Gasteiger partial charge in [-0.2, -0.15) is 0 Å². The molecule has 0 fully saturated rings. The van der Waals surface area contributed by atoms with Gasteiger partial charge in [0, 0.05) is 28.9 Å². The van der Waals surface area contributed by atoms with Gasteiger partial charge in [-0.3, -0.25) is 9.00 Å². The monoisotopic (exact) mass is 298 g/mol. The van der Waals surface area contributed by atoms with Gasteiger partial charge in [0.15, 0.2) is 0 Å². The lowest BCUT2D eigenvalue weighted by Gasteiger charge is -2.14. The first kappa shape index (κ1) is 16.7. The molecule has 5 nitrogen and oxygen atoms in total. The van der Waals surface area contributed by atoms with Crippen molar-refractivity contribution in [3.63, 3.8) is 0 Å². The first-order valence-corrected chi connectivity index (χ1v) is 8.15. The lowest BCUT2D eigenvalue weighted by molar-refractivity contribution is -0.122. The maximum Gasteiger partial charge on any atom is 0.237 e. The third-order valence-corrected chi connectivity index (χ3v) is 4.51. The Bertz CT molecular complexity index is 462. The molecule has 0 aliphatic heterocycles. The van der Waals surface area contributed by atoms with Crippen molar-refractivity contribution in [1.29, 1.82) is 0 Å². The van der Waals surface area contributed by atoms with Gasteiger partial charge < -0.3 is 16.2 Å². The average molecular weight is 298 g/mol. The van der Waals surface area contributed by atoms with Crippen LogP contribution in [0.3, 0.4) is 0 Å². The van der Waals surface area contributed by atoms with Crippen LogP contribution in [-0.2, 0) is 22.0 Å². The molecule has 3 atom stereocenters. The molecule has 112 valence electrons. The standard InChI is InChI=1S/C14H22N2O3S/c1-10(20(2)19)7-8-16-14(18)13(15)9-11-3-5-12(17)6-4-11/h3-6,10,13,17H,7-9,15H2,1-2H3,(H,16,18)/t10?,13-,20?/m0/s1. The summed E-state index contributed by atoms with van der Waals surface area (Å²) in [5.74, 6) is -0.0273. The zero-order valence-electron chi connectivity index (χ0n) is 11.8. The predicted molar refractivity (Wildman–Crippen MR) is 80.9 cm³/mol. The van der Waals surface area contributed by atoms with Crippen molar-refractivity contribution < 1.29 is 14.1 Å². The van der Waals surface area contributed by atoms with Gasteiger partial charge in [0.1, 0.15) is 5.75 Å². The van der Waals surface area contributed by atoms with Crippen molar-refractivity contribution in [2.45, 2.75) is 31.1 Å². The molecule has 0 heterocycles. The van der Waals surface area contributed by atoms with Crippen molar-refractivity contribution in [2.24, 2.45) is 5.73 Å². The molecule has 1 rings (SSSR count).